The highest BCUT2D eigenvalue weighted by molar-refractivity contribution is 5.77. The normalized spacial score (nSPS) is 15.7. The molecule has 142 valence electrons. The van der Waals surface area contributed by atoms with E-state index in [0.717, 1.165) is 24.6 Å². The summed E-state index contributed by atoms with van der Waals surface area (Å²) >= 11 is 0. The van der Waals surface area contributed by atoms with E-state index in [2.05, 4.69) is 10.2 Å². The summed E-state index contributed by atoms with van der Waals surface area (Å²) in [4.78, 5) is 14.5. The zero-order valence-corrected chi connectivity index (χ0v) is 15.3. The molecular formula is C20H23N3O4. The minimum atomic E-state index is -0.208. The van der Waals surface area contributed by atoms with Crippen molar-refractivity contribution in [2.24, 2.45) is 0 Å². The number of rotatable bonds is 7. The summed E-state index contributed by atoms with van der Waals surface area (Å²) in [5, 5.41) is 11.7. The first-order valence-electron chi connectivity index (χ1n) is 8.93. The van der Waals surface area contributed by atoms with Crippen molar-refractivity contribution in [2.45, 2.75) is 13.0 Å². The predicted octanol–water partition coefficient (Wildman–Crippen LogP) is 2.03. The van der Waals surface area contributed by atoms with Crippen LogP contribution in [0.15, 0.2) is 40.8 Å². The Morgan fingerprint density at radius 3 is 2.63 bits per heavy atom. The van der Waals surface area contributed by atoms with Crippen LogP contribution in [0.5, 0.6) is 5.75 Å². The van der Waals surface area contributed by atoms with Gasteiger partial charge in [-0.2, -0.15) is 5.26 Å². The van der Waals surface area contributed by atoms with Gasteiger partial charge in [0.25, 0.3) is 5.91 Å². The van der Waals surface area contributed by atoms with Gasteiger partial charge >= 0.3 is 0 Å². The van der Waals surface area contributed by atoms with Gasteiger partial charge in [-0.3, -0.25) is 9.69 Å². The number of hydrogen-bond acceptors (Lipinski definition) is 6. The second-order valence-electron chi connectivity index (χ2n) is 6.34. The zero-order chi connectivity index (χ0) is 19.1. The Labute approximate surface area is 158 Å². The van der Waals surface area contributed by atoms with Crippen LogP contribution in [-0.4, -0.2) is 50.3 Å². The summed E-state index contributed by atoms with van der Waals surface area (Å²) < 4.78 is 16.7. The Bertz CT molecular complexity index is 788. The average Bonchev–Trinajstić information content (AvgIpc) is 3.13. The van der Waals surface area contributed by atoms with E-state index in [4.69, 9.17) is 19.2 Å². The number of nitrogens with zero attached hydrogens (tertiary/aromatic N) is 2. The van der Waals surface area contributed by atoms with E-state index in [1.165, 1.54) is 0 Å². The van der Waals surface area contributed by atoms with Gasteiger partial charge < -0.3 is 19.2 Å². The molecule has 0 saturated carbocycles. The van der Waals surface area contributed by atoms with Crippen molar-refractivity contribution < 1.29 is 18.7 Å². The quantitative estimate of drug-likeness (QED) is 0.803. The lowest BCUT2D eigenvalue weighted by Crippen LogP contribution is -2.44. The van der Waals surface area contributed by atoms with Crippen LogP contribution in [0, 0.1) is 18.3 Å². The van der Waals surface area contributed by atoms with Crippen molar-refractivity contribution in [3.8, 4) is 11.8 Å². The molecule has 1 saturated heterocycles. The van der Waals surface area contributed by atoms with E-state index in [9.17, 15) is 4.79 Å². The Morgan fingerprint density at radius 1 is 1.26 bits per heavy atom. The lowest BCUT2D eigenvalue weighted by Gasteiger charge is -2.33. The van der Waals surface area contributed by atoms with Gasteiger partial charge in [-0.25, -0.2) is 0 Å². The van der Waals surface area contributed by atoms with E-state index >= 15 is 0 Å². The maximum absolute atomic E-state index is 12.2. The average molecular weight is 369 g/mol. The van der Waals surface area contributed by atoms with Crippen molar-refractivity contribution in [1.29, 1.82) is 5.26 Å². The minimum Gasteiger partial charge on any atom is -0.484 e. The number of morpholine rings is 1. The number of nitriles is 1. The molecule has 2 aromatic rings. The summed E-state index contributed by atoms with van der Waals surface area (Å²) in [5.74, 6) is 2.03. The third-order valence-corrected chi connectivity index (χ3v) is 4.42. The van der Waals surface area contributed by atoms with Crippen LogP contribution in [0.4, 0.5) is 0 Å². The zero-order valence-electron chi connectivity index (χ0n) is 15.3. The highest BCUT2D eigenvalue weighted by Gasteiger charge is 2.25. The molecule has 0 aliphatic carbocycles. The number of benzene rings is 1. The molecule has 7 heteroatoms. The molecule has 0 bridgehead atoms. The van der Waals surface area contributed by atoms with Gasteiger partial charge in [0.2, 0.25) is 0 Å². The standard InChI is InChI=1S/C20H23N3O4/c1-15-2-7-19(27-15)18(23-8-10-25-11-9-23)13-22-20(24)14-26-17-5-3-16(12-21)4-6-17/h2-7,18H,8-11,13-14H2,1H3,(H,22,24). The molecule has 3 rings (SSSR count). The van der Waals surface area contributed by atoms with Gasteiger partial charge in [-0.1, -0.05) is 0 Å². The fourth-order valence-corrected chi connectivity index (χ4v) is 2.97. The van der Waals surface area contributed by atoms with E-state index in [1.54, 1.807) is 24.3 Å². The molecule has 1 fully saturated rings. The van der Waals surface area contributed by atoms with E-state index in [-0.39, 0.29) is 18.6 Å². The van der Waals surface area contributed by atoms with E-state index in [0.29, 0.717) is 31.1 Å². The molecule has 1 N–H and O–H groups in total. The summed E-state index contributed by atoms with van der Waals surface area (Å²) in [6, 6.07) is 12.5. The number of ether oxygens (including phenoxy) is 2. The summed E-state index contributed by atoms with van der Waals surface area (Å²) in [6.07, 6.45) is 0. The number of hydrogen-bond donors (Lipinski definition) is 1. The Kier molecular flexibility index (Phi) is 6.47. The van der Waals surface area contributed by atoms with Crippen LogP contribution >= 0.6 is 0 Å². The third kappa shape index (κ3) is 5.33. The Morgan fingerprint density at radius 2 is 2.00 bits per heavy atom. The molecule has 7 nitrogen and oxygen atoms in total. The largest absolute Gasteiger partial charge is 0.484 e. The van der Waals surface area contributed by atoms with Crippen molar-refractivity contribution >= 4 is 5.91 Å². The lowest BCUT2D eigenvalue weighted by molar-refractivity contribution is -0.123. The molecule has 0 spiro atoms. The SMILES string of the molecule is Cc1ccc(C(CNC(=O)COc2ccc(C#N)cc2)N2CCOCC2)o1. The van der Waals surface area contributed by atoms with Crippen LogP contribution in [0.2, 0.25) is 0 Å². The Hall–Kier alpha value is -2.82. The second kappa shape index (κ2) is 9.21. The maximum Gasteiger partial charge on any atom is 0.258 e. The first-order valence-corrected chi connectivity index (χ1v) is 8.93. The molecule has 1 unspecified atom stereocenters. The van der Waals surface area contributed by atoms with E-state index < -0.39 is 0 Å². The van der Waals surface area contributed by atoms with Crippen LogP contribution in [0.1, 0.15) is 23.1 Å². The molecule has 1 aromatic carbocycles. The van der Waals surface area contributed by atoms with Gasteiger partial charge in [-0.05, 0) is 43.3 Å². The molecule has 1 atom stereocenters. The minimum absolute atomic E-state index is 0.0403. The number of amides is 1. The van der Waals surface area contributed by atoms with Crippen molar-refractivity contribution in [2.75, 3.05) is 39.5 Å². The highest BCUT2D eigenvalue weighted by atomic mass is 16.5. The summed E-state index contributed by atoms with van der Waals surface area (Å²) in [6.45, 7) is 5.19. The van der Waals surface area contributed by atoms with Gasteiger partial charge in [0, 0.05) is 19.6 Å². The van der Waals surface area contributed by atoms with E-state index in [1.807, 2.05) is 25.1 Å². The van der Waals surface area contributed by atoms with Crippen LogP contribution in [-0.2, 0) is 9.53 Å². The van der Waals surface area contributed by atoms with Gasteiger partial charge in [-0.15, -0.1) is 0 Å². The molecule has 1 aliphatic rings. The number of aryl methyl sites for hydroxylation is 1. The number of nitrogens with one attached hydrogen (secondary N) is 1. The fourth-order valence-electron chi connectivity index (χ4n) is 2.97. The molecular weight excluding hydrogens is 346 g/mol. The first-order chi connectivity index (χ1) is 13.2. The number of carbonyl (C=O) groups is 1. The number of furan rings is 1. The maximum atomic E-state index is 12.2. The van der Waals surface area contributed by atoms with Gasteiger partial charge in [0.1, 0.15) is 17.3 Å². The lowest BCUT2D eigenvalue weighted by atomic mass is 10.1. The fraction of sp³-hybridized carbons (Fsp3) is 0.400. The second-order valence-corrected chi connectivity index (χ2v) is 6.34. The smallest absolute Gasteiger partial charge is 0.258 e. The monoisotopic (exact) mass is 369 g/mol. The molecule has 0 radical (unpaired) electrons. The predicted molar refractivity (Wildman–Crippen MR) is 98.2 cm³/mol. The van der Waals surface area contributed by atoms with Crippen molar-refractivity contribution in [3.05, 3.63) is 53.5 Å². The molecule has 1 aliphatic heterocycles. The van der Waals surface area contributed by atoms with Crippen LogP contribution in [0.25, 0.3) is 0 Å². The number of carbonyl (C=O) groups excluding carboxylic acids is 1. The van der Waals surface area contributed by atoms with Gasteiger partial charge in [0.15, 0.2) is 6.61 Å². The van der Waals surface area contributed by atoms with Crippen LogP contribution in [0.3, 0.4) is 0 Å². The molecule has 27 heavy (non-hydrogen) atoms. The summed E-state index contributed by atoms with van der Waals surface area (Å²) in [5.41, 5.74) is 0.550. The van der Waals surface area contributed by atoms with Gasteiger partial charge in [0.05, 0.1) is 30.9 Å². The summed E-state index contributed by atoms with van der Waals surface area (Å²) in [7, 11) is 0. The topological polar surface area (TPSA) is 87.7 Å². The molecule has 2 heterocycles. The van der Waals surface area contributed by atoms with Crippen molar-refractivity contribution in [1.82, 2.24) is 10.2 Å². The highest BCUT2D eigenvalue weighted by Crippen LogP contribution is 2.23. The molecule has 1 aromatic heterocycles. The third-order valence-electron chi connectivity index (χ3n) is 4.42. The van der Waals surface area contributed by atoms with Crippen molar-refractivity contribution in [3.63, 3.8) is 0 Å². The Balaban J connectivity index is 1.54. The van der Waals surface area contributed by atoms with Crippen LogP contribution < -0.4 is 10.1 Å². The molecule has 1 amide bonds. The first kappa shape index (κ1) is 19.0.